The Hall–Kier alpha value is -1.08. The summed E-state index contributed by atoms with van der Waals surface area (Å²) in [7, 11) is 0. The number of hydrogen-bond acceptors (Lipinski definition) is 6. The lowest BCUT2D eigenvalue weighted by Gasteiger charge is -2.17. The number of aliphatic hydroxyl groups excluding tert-OH is 2. The average molecular weight is 365 g/mol. The van der Waals surface area contributed by atoms with Crippen molar-refractivity contribution in [2.45, 2.75) is 25.0 Å². The van der Waals surface area contributed by atoms with Gasteiger partial charge in [-0.05, 0) is 59.7 Å². The molecule has 0 bridgehead atoms. The van der Waals surface area contributed by atoms with E-state index in [1.165, 1.54) is 11.1 Å². The van der Waals surface area contributed by atoms with E-state index in [2.05, 4.69) is 9.97 Å². The minimum Gasteiger partial charge on any atom is -0.390 e. The van der Waals surface area contributed by atoms with Crippen LogP contribution in [0.25, 0.3) is 0 Å². The molecule has 24 heavy (non-hydrogen) atoms. The predicted molar refractivity (Wildman–Crippen MR) is 103 cm³/mol. The number of hydrogen-bond donors (Lipinski definition) is 2. The molecule has 0 saturated carbocycles. The Morgan fingerprint density at radius 3 is 1.46 bits per heavy atom. The zero-order chi connectivity index (χ0) is 17.0. The van der Waals surface area contributed by atoms with Gasteiger partial charge in [-0.25, -0.2) is 0 Å². The third-order valence-electron chi connectivity index (χ3n) is 3.59. The van der Waals surface area contributed by atoms with Crippen molar-refractivity contribution in [3.05, 3.63) is 60.2 Å². The molecule has 130 valence electrons. The molecule has 2 heterocycles. The summed E-state index contributed by atoms with van der Waals surface area (Å²) < 4.78 is 0. The number of aryl methyl sites for hydroxylation is 2. The van der Waals surface area contributed by atoms with E-state index in [-0.39, 0.29) is 0 Å². The quantitative estimate of drug-likeness (QED) is 0.597. The minimum atomic E-state index is -0.666. The normalized spacial score (nSPS) is 13.6. The Kier molecular flexibility index (Phi) is 9.20. The van der Waals surface area contributed by atoms with Gasteiger partial charge in [0.1, 0.15) is 0 Å². The van der Waals surface area contributed by atoms with Gasteiger partial charge in [0.15, 0.2) is 0 Å². The second-order valence-electron chi connectivity index (χ2n) is 5.50. The molecule has 0 unspecified atom stereocenters. The molecule has 0 aliphatic heterocycles. The highest BCUT2D eigenvalue weighted by Crippen LogP contribution is 2.13. The highest BCUT2D eigenvalue weighted by Gasteiger charge is 2.16. The van der Waals surface area contributed by atoms with Gasteiger partial charge >= 0.3 is 0 Å². The maximum atomic E-state index is 10.0. The second kappa shape index (κ2) is 11.5. The van der Waals surface area contributed by atoms with E-state index in [1.54, 1.807) is 48.3 Å². The fourth-order valence-corrected chi connectivity index (χ4v) is 4.13. The van der Waals surface area contributed by atoms with Crippen LogP contribution in [0.1, 0.15) is 11.1 Å². The molecule has 4 nitrogen and oxygen atoms in total. The fraction of sp³-hybridized carbons (Fsp3) is 0.444. The van der Waals surface area contributed by atoms with Crippen LogP contribution in [0.4, 0.5) is 0 Å². The SMILES string of the molecule is O[C@H](CSCCc1ccncc1)[C@H](O)CSCCc1ccncc1. The molecule has 0 radical (unpaired) electrons. The van der Waals surface area contributed by atoms with E-state index in [9.17, 15) is 10.2 Å². The van der Waals surface area contributed by atoms with Crippen LogP contribution in [0.2, 0.25) is 0 Å². The molecular weight excluding hydrogens is 340 g/mol. The zero-order valence-corrected chi connectivity index (χ0v) is 15.3. The molecule has 6 heteroatoms. The third kappa shape index (κ3) is 7.66. The molecule has 0 saturated heterocycles. The standard InChI is InChI=1S/C18H24N2O2S2/c21-17(13-23-11-5-15-1-7-19-8-2-15)18(22)14-24-12-6-16-3-9-20-10-4-16/h1-4,7-10,17-18,21-22H,5-6,11-14H2/t17-,18-/m1/s1. The molecule has 0 aliphatic carbocycles. The lowest BCUT2D eigenvalue weighted by Crippen LogP contribution is -2.30. The van der Waals surface area contributed by atoms with Gasteiger partial charge in [-0.2, -0.15) is 23.5 Å². The molecule has 2 aromatic rings. The Balaban J connectivity index is 1.52. The highest BCUT2D eigenvalue weighted by atomic mass is 32.2. The molecular formula is C18H24N2O2S2. The van der Waals surface area contributed by atoms with E-state index in [0.717, 1.165) is 24.3 Å². The Morgan fingerprint density at radius 1 is 0.708 bits per heavy atom. The molecule has 0 spiro atoms. The molecule has 0 fully saturated rings. The van der Waals surface area contributed by atoms with Crippen molar-refractivity contribution in [3.63, 3.8) is 0 Å². The van der Waals surface area contributed by atoms with E-state index >= 15 is 0 Å². The molecule has 0 amide bonds. The monoisotopic (exact) mass is 364 g/mol. The topological polar surface area (TPSA) is 66.2 Å². The summed E-state index contributed by atoms with van der Waals surface area (Å²) in [6.07, 6.45) is 7.75. The van der Waals surface area contributed by atoms with E-state index in [0.29, 0.717) is 11.5 Å². The van der Waals surface area contributed by atoms with Gasteiger partial charge < -0.3 is 10.2 Å². The summed E-state index contributed by atoms with van der Waals surface area (Å²) in [5.41, 5.74) is 2.50. The van der Waals surface area contributed by atoms with Crippen LogP contribution in [-0.2, 0) is 12.8 Å². The van der Waals surface area contributed by atoms with Crippen LogP contribution >= 0.6 is 23.5 Å². The van der Waals surface area contributed by atoms with Gasteiger partial charge in [0.05, 0.1) is 12.2 Å². The third-order valence-corrected chi connectivity index (χ3v) is 5.73. The lowest BCUT2D eigenvalue weighted by molar-refractivity contribution is 0.0500. The number of aliphatic hydroxyl groups is 2. The first-order valence-corrected chi connectivity index (χ1v) is 10.4. The van der Waals surface area contributed by atoms with E-state index in [4.69, 9.17) is 0 Å². The summed E-state index contributed by atoms with van der Waals surface area (Å²) in [6.45, 7) is 0. The summed E-state index contributed by atoms with van der Waals surface area (Å²) in [6, 6.07) is 8.02. The first-order chi connectivity index (χ1) is 11.8. The predicted octanol–water partition coefficient (Wildman–Crippen LogP) is 2.45. The maximum Gasteiger partial charge on any atom is 0.0897 e. The number of aromatic nitrogens is 2. The van der Waals surface area contributed by atoms with Crippen LogP contribution in [0.15, 0.2) is 49.1 Å². The van der Waals surface area contributed by atoms with Crippen molar-refractivity contribution in [2.75, 3.05) is 23.0 Å². The summed E-state index contributed by atoms with van der Waals surface area (Å²) in [5.74, 6) is 3.00. The molecule has 0 aromatic carbocycles. The van der Waals surface area contributed by atoms with Crippen LogP contribution in [0.3, 0.4) is 0 Å². The first-order valence-electron chi connectivity index (χ1n) is 8.05. The van der Waals surface area contributed by atoms with Gasteiger partial charge in [-0.3, -0.25) is 9.97 Å². The number of thioether (sulfide) groups is 2. The van der Waals surface area contributed by atoms with Crippen LogP contribution in [-0.4, -0.2) is 55.4 Å². The summed E-state index contributed by atoms with van der Waals surface area (Å²) in [4.78, 5) is 7.99. The van der Waals surface area contributed by atoms with Gasteiger partial charge in [-0.15, -0.1) is 0 Å². The van der Waals surface area contributed by atoms with E-state index in [1.807, 2.05) is 24.3 Å². The van der Waals surface area contributed by atoms with E-state index < -0.39 is 12.2 Å². The minimum absolute atomic E-state index is 0.567. The van der Waals surface area contributed by atoms with Crippen LogP contribution < -0.4 is 0 Å². The lowest BCUT2D eigenvalue weighted by atomic mass is 10.2. The van der Waals surface area contributed by atoms with Crippen LogP contribution in [0, 0.1) is 0 Å². The highest BCUT2D eigenvalue weighted by molar-refractivity contribution is 7.99. The summed E-state index contributed by atoms with van der Waals surface area (Å²) in [5, 5.41) is 20.1. The Morgan fingerprint density at radius 2 is 1.08 bits per heavy atom. The van der Waals surface area contributed by atoms with Crippen molar-refractivity contribution in [1.82, 2.24) is 9.97 Å². The van der Waals surface area contributed by atoms with Gasteiger partial charge in [0.25, 0.3) is 0 Å². The summed E-state index contributed by atoms with van der Waals surface area (Å²) >= 11 is 3.35. The zero-order valence-electron chi connectivity index (χ0n) is 13.6. The largest absolute Gasteiger partial charge is 0.390 e. The second-order valence-corrected chi connectivity index (χ2v) is 7.80. The number of nitrogens with zero attached hydrogens (tertiary/aromatic N) is 2. The van der Waals surface area contributed by atoms with Crippen molar-refractivity contribution in [2.24, 2.45) is 0 Å². The molecule has 2 atom stereocenters. The van der Waals surface area contributed by atoms with Gasteiger partial charge in [-0.1, -0.05) is 0 Å². The molecule has 2 aromatic heterocycles. The number of rotatable bonds is 11. The van der Waals surface area contributed by atoms with Crippen LogP contribution in [0.5, 0.6) is 0 Å². The fourth-order valence-electron chi connectivity index (χ4n) is 2.11. The van der Waals surface area contributed by atoms with Crippen molar-refractivity contribution >= 4 is 23.5 Å². The average Bonchev–Trinajstić information content (AvgIpc) is 2.63. The Labute approximate surface area is 152 Å². The molecule has 0 aliphatic rings. The Bertz CT molecular complexity index is 506. The number of pyridine rings is 2. The molecule has 2 N–H and O–H groups in total. The van der Waals surface area contributed by atoms with Crippen molar-refractivity contribution in [1.29, 1.82) is 0 Å². The van der Waals surface area contributed by atoms with Gasteiger partial charge in [0.2, 0.25) is 0 Å². The molecule has 2 rings (SSSR count). The smallest absolute Gasteiger partial charge is 0.0897 e. The van der Waals surface area contributed by atoms with Crippen molar-refractivity contribution in [3.8, 4) is 0 Å². The van der Waals surface area contributed by atoms with Gasteiger partial charge in [0, 0.05) is 36.3 Å². The maximum absolute atomic E-state index is 10.0. The first kappa shape index (κ1) is 19.2. The van der Waals surface area contributed by atoms with Crippen molar-refractivity contribution < 1.29 is 10.2 Å².